The topological polar surface area (TPSA) is 34.9 Å². The first-order valence-electron chi connectivity index (χ1n) is 4.34. The zero-order chi connectivity index (χ0) is 9.97. The summed E-state index contributed by atoms with van der Waals surface area (Å²) in [5.74, 6) is 0. The number of hydrogen-bond acceptors (Lipinski definition) is 2. The molecule has 0 saturated carbocycles. The maximum atomic E-state index is 11.4. The van der Waals surface area contributed by atoms with Gasteiger partial charge in [-0.3, -0.25) is 9.78 Å². The third-order valence-corrected chi connectivity index (χ3v) is 2.10. The minimum Gasteiger partial charge on any atom is -0.319 e. The van der Waals surface area contributed by atoms with E-state index in [0.717, 1.165) is 11.1 Å². The molecule has 0 bridgehead atoms. The van der Waals surface area contributed by atoms with Crippen molar-refractivity contribution in [3.63, 3.8) is 0 Å². The summed E-state index contributed by atoms with van der Waals surface area (Å²) in [5.41, 5.74) is 1.86. The van der Waals surface area contributed by atoms with E-state index in [9.17, 15) is 4.79 Å². The quantitative estimate of drug-likeness (QED) is 0.675. The van der Waals surface area contributed by atoms with E-state index >= 15 is 0 Å². The van der Waals surface area contributed by atoms with E-state index in [1.54, 1.807) is 36.3 Å². The summed E-state index contributed by atoms with van der Waals surface area (Å²) in [7, 11) is 1.73. The molecule has 0 N–H and O–H groups in total. The van der Waals surface area contributed by atoms with Gasteiger partial charge >= 0.3 is 0 Å². The Hall–Kier alpha value is -1.90. The Morgan fingerprint density at radius 3 is 2.79 bits per heavy atom. The largest absolute Gasteiger partial charge is 0.319 e. The Bertz CT molecular complexity index is 488. The highest BCUT2D eigenvalue weighted by molar-refractivity contribution is 5.61. The summed E-state index contributed by atoms with van der Waals surface area (Å²) in [5, 5.41) is 0. The van der Waals surface area contributed by atoms with Crippen molar-refractivity contribution in [2.24, 2.45) is 7.05 Å². The van der Waals surface area contributed by atoms with Crippen LogP contribution in [0.15, 0.2) is 47.7 Å². The average Bonchev–Trinajstić information content (AvgIpc) is 2.23. The molecule has 0 amide bonds. The van der Waals surface area contributed by atoms with E-state index in [1.807, 2.05) is 18.2 Å². The summed E-state index contributed by atoms with van der Waals surface area (Å²) in [6.07, 6.45) is 5.21. The Labute approximate surface area is 81.7 Å². The smallest absolute Gasteiger partial charge is 0.250 e. The maximum Gasteiger partial charge on any atom is 0.250 e. The van der Waals surface area contributed by atoms with Crippen LogP contribution >= 0.6 is 0 Å². The molecule has 2 aromatic heterocycles. The second kappa shape index (κ2) is 3.46. The van der Waals surface area contributed by atoms with Crippen molar-refractivity contribution < 1.29 is 0 Å². The van der Waals surface area contributed by atoms with Gasteiger partial charge in [-0.25, -0.2) is 0 Å². The predicted molar refractivity (Wildman–Crippen MR) is 54.9 cm³/mol. The number of aryl methyl sites for hydroxylation is 1. The fraction of sp³-hybridized carbons (Fsp3) is 0.0909. The Morgan fingerprint density at radius 1 is 1.29 bits per heavy atom. The first kappa shape index (κ1) is 8.69. The molecule has 0 saturated heterocycles. The zero-order valence-electron chi connectivity index (χ0n) is 7.84. The van der Waals surface area contributed by atoms with E-state index in [-0.39, 0.29) is 5.56 Å². The highest BCUT2D eigenvalue weighted by Crippen LogP contribution is 2.14. The summed E-state index contributed by atoms with van der Waals surface area (Å²) >= 11 is 0. The van der Waals surface area contributed by atoms with Crippen LogP contribution in [-0.4, -0.2) is 9.55 Å². The summed E-state index contributed by atoms with van der Waals surface area (Å²) < 4.78 is 1.54. The first-order valence-corrected chi connectivity index (χ1v) is 4.34. The highest BCUT2D eigenvalue weighted by Gasteiger charge is 1.98. The maximum absolute atomic E-state index is 11.4. The zero-order valence-corrected chi connectivity index (χ0v) is 7.84. The number of aromatic nitrogens is 2. The Balaban J connectivity index is 2.54. The van der Waals surface area contributed by atoms with Crippen LogP contribution < -0.4 is 5.56 Å². The Kier molecular flexibility index (Phi) is 2.14. The number of pyridine rings is 2. The highest BCUT2D eigenvalue weighted by atomic mass is 16.1. The third kappa shape index (κ3) is 1.57. The molecule has 0 aliphatic heterocycles. The molecule has 0 fully saturated rings. The number of rotatable bonds is 1. The number of nitrogens with zero attached hydrogens (tertiary/aromatic N) is 2. The standard InChI is InChI=1S/C11H10N2O/c1-13-6-4-9(7-11(13)14)10-3-2-5-12-8-10/h2-8H,1H3. The summed E-state index contributed by atoms with van der Waals surface area (Å²) in [4.78, 5) is 15.4. The van der Waals surface area contributed by atoms with Gasteiger partial charge in [0.25, 0.3) is 5.56 Å². The summed E-state index contributed by atoms with van der Waals surface area (Å²) in [6, 6.07) is 7.30. The summed E-state index contributed by atoms with van der Waals surface area (Å²) in [6.45, 7) is 0. The molecule has 0 atom stereocenters. The van der Waals surface area contributed by atoms with Crippen molar-refractivity contribution in [3.8, 4) is 11.1 Å². The molecule has 0 spiro atoms. The van der Waals surface area contributed by atoms with Crippen molar-refractivity contribution in [2.75, 3.05) is 0 Å². The van der Waals surface area contributed by atoms with Crippen LogP contribution in [0.5, 0.6) is 0 Å². The van der Waals surface area contributed by atoms with Crippen LogP contribution in [0, 0.1) is 0 Å². The van der Waals surface area contributed by atoms with Crippen molar-refractivity contribution in [1.29, 1.82) is 0 Å². The van der Waals surface area contributed by atoms with Crippen molar-refractivity contribution in [2.45, 2.75) is 0 Å². The van der Waals surface area contributed by atoms with E-state index in [0.29, 0.717) is 0 Å². The van der Waals surface area contributed by atoms with Crippen molar-refractivity contribution in [3.05, 3.63) is 53.2 Å². The lowest BCUT2D eigenvalue weighted by molar-refractivity contribution is 0.861. The lowest BCUT2D eigenvalue weighted by Gasteiger charge is -2.01. The molecule has 3 nitrogen and oxygen atoms in total. The van der Waals surface area contributed by atoms with Gasteiger partial charge in [0.15, 0.2) is 0 Å². The van der Waals surface area contributed by atoms with Gasteiger partial charge in [0.2, 0.25) is 0 Å². The molecule has 14 heavy (non-hydrogen) atoms. The molecule has 0 aliphatic rings. The lowest BCUT2D eigenvalue weighted by Crippen LogP contribution is -2.14. The van der Waals surface area contributed by atoms with Crippen LogP contribution in [0.25, 0.3) is 11.1 Å². The van der Waals surface area contributed by atoms with Gasteiger partial charge in [-0.2, -0.15) is 0 Å². The fourth-order valence-corrected chi connectivity index (χ4v) is 1.26. The van der Waals surface area contributed by atoms with Gasteiger partial charge < -0.3 is 4.57 Å². The van der Waals surface area contributed by atoms with Crippen molar-refractivity contribution >= 4 is 0 Å². The molecule has 70 valence electrons. The van der Waals surface area contributed by atoms with Crippen LogP contribution in [0.3, 0.4) is 0 Å². The van der Waals surface area contributed by atoms with Gasteiger partial charge in [0.1, 0.15) is 0 Å². The van der Waals surface area contributed by atoms with Gasteiger partial charge in [-0.05, 0) is 17.7 Å². The molecule has 0 aliphatic carbocycles. The SMILES string of the molecule is Cn1ccc(-c2cccnc2)cc1=O. The van der Waals surface area contributed by atoms with Crippen LogP contribution in [0.2, 0.25) is 0 Å². The van der Waals surface area contributed by atoms with Gasteiger partial charge in [-0.1, -0.05) is 6.07 Å². The second-order valence-electron chi connectivity index (χ2n) is 3.11. The molecule has 2 aromatic rings. The molecule has 2 rings (SSSR count). The molecule has 2 heterocycles. The van der Waals surface area contributed by atoms with Crippen LogP contribution in [-0.2, 0) is 7.05 Å². The molecular weight excluding hydrogens is 176 g/mol. The van der Waals surface area contributed by atoms with E-state index in [2.05, 4.69) is 4.98 Å². The van der Waals surface area contributed by atoms with Crippen LogP contribution in [0.1, 0.15) is 0 Å². The van der Waals surface area contributed by atoms with E-state index in [1.165, 1.54) is 0 Å². The van der Waals surface area contributed by atoms with E-state index in [4.69, 9.17) is 0 Å². The third-order valence-electron chi connectivity index (χ3n) is 2.10. The molecule has 0 aromatic carbocycles. The van der Waals surface area contributed by atoms with Crippen molar-refractivity contribution in [1.82, 2.24) is 9.55 Å². The Morgan fingerprint density at radius 2 is 2.14 bits per heavy atom. The normalized spacial score (nSPS) is 10.1. The minimum atomic E-state index is -0.00801. The number of hydrogen-bond donors (Lipinski definition) is 0. The monoisotopic (exact) mass is 186 g/mol. The van der Waals surface area contributed by atoms with Gasteiger partial charge in [0.05, 0.1) is 0 Å². The van der Waals surface area contributed by atoms with E-state index < -0.39 is 0 Å². The predicted octanol–water partition coefficient (Wildman–Crippen LogP) is 1.45. The van der Waals surface area contributed by atoms with Crippen LogP contribution in [0.4, 0.5) is 0 Å². The molecule has 3 heteroatoms. The lowest BCUT2D eigenvalue weighted by atomic mass is 10.1. The molecule has 0 radical (unpaired) electrons. The second-order valence-corrected chi connectivity index (χ2v) is 3.11. The fourth-order valence-electron chi connectivity index (χ4n) is 1.26. The van der Waals surface area contributed by atoms with Gasteiger partial charge in [-0.15, -0.1) is 0 Å². The molecule has 0 unspecified atom stereocenters. The molecular formula is C11H10N2O. The van der Waals surface area contributed by atoms with Gasteiger partial charge in [0, 0.05) is 37.3 Å². The minimum absolute atomic E-state index is 0.00801. The average molecular weight is 186 g/mol. The first-order chi connectivity index (χ1) is 6.77.